The number of rotatable bonds is 3. The second kappa shape index (κ2) is 5.20. The summed E-state index contributed by atoms with van der Waals surface area (Å²) in [7, 11) is 0. The number of hydrogen-bond donors (Lipinski definition) is 1. The number of thiophene rings is 1. The average molecular weight is 292 g/mol. The largest absolute Gasteiger partial charge is 0.340 e. The number of nitrogens with one attached hydrogen (secondary N) is 1. The molecule has 2 fully saturated rings. The van der Waals surface area contributed by atoms with Gasteiger partial charge in [-0.3, -0.25) is 9.59 Å². The maximum Gasteiger partial charge on any atom is 0.249 e. The van der Waals surface area contributed by atoms with Crippen molar-refractivity contribution in [3.63, 3.8) is 0 Å². The molecule has 108 valence electrons. The van der Waals surface area contributed by atoms with Gasteiger partial charge in [-0.2, -0.15) is 11.3 Å². The summed E-state index contributed by atoms with van der Waals surface area (Å²) in [5.74, 6) is 0.136. The van der Waals surface area contributed by atoms with Gasteiger partial charge in [-0.15, -0.1) is 0 Å². The molecule has 2 aliphatic rings. The first-order valence-electron chi connectivity index (χ1n) is 7.30. The molecule has 1 unspecified atom stereocenters. The molecule has 0 bridgehead atoms. The Balaban J connectivity index is 1.89. The fourth-order valence-corrected chi connectivity index (χ4v) is 4.07. The quantitative estimate of drug-likeness (QED) is 0.929. The van der Waals surface area contributed by atoms with Crippen LogP contribution < -0.4 is 5.32 Å². The van der Waals surface area contributed by atoms with Crippen LogP contribution in [0.1, 0.15) is 44.6 Å². The highest BCUT2D eigenvalue weighted by Crippen LogP contribution is 2.35. The third-order valence-corrected chi connectivity index (χ3v) is 5.22. The minimum absolute atomic E-state index is 0.0178. The van der Waals surface area contributed by atoms with Crippen molar-refractivity contribution >= 4 is 23.2 Å². The molecular weight excluding hydrogens is 272 g/mol. The lowest BCUT2D eigenvalue weighted by molar-refractivity contribution is -0.155. The van der Waals surface area contributed by atoms with Crippen LogP contribution in [0.5, 0.6) is 0 Å². The van der Waals surface area contributed by atoms with E-state index in [1.165, 1.54) is 0 Å². The number of carbonyl (C=O) groups excluding carboxylic acids is 2. The van der Waals surface area contributed by atoms with Crippen LogP contribution in [0.3, 0.4) is 0 Å². The van der Waals surface area contributed by atoms with E-state index in [9.17, 15) is 9.59 Å². The van der Waals surface area contributed by atoms with E-state index in [1.54, 1.807) is 16.2 Å². The Labute approximate surface area is 123 Å². The summed E-state index contributed by atoms with van der Waals surface area (Å²) in [6, 6.07) is 1.70. The monoisotopic (exact) mass is 292 g/mol. The highest BCUT2D eigenvalue weighted by Gasteiger charge is 2.51. The Bertz CT molecular complexity index is 506. The van der Waals surface area contributed by atoms with Gasteiger partial charge >= 0.3 is 0 Å². The predicted octanol–water partition coefficient (Wildman–Crippen LogP) is 2.30. The maximum absolute atomic E-state index is 12.9. The van der Waals surface area contributed by atoms with Crippen LogP contribution in [0.25, 0.3) is 0 Å². The summed E-state index contributed by atoms with van der Waals surface area (Å²) in [6.07, 6.45) is 4.28. The van der Waals surface area contributed by atoms with Gasteiger partial charge in [0.05, 0.1) is 0 Å². The Hall–Kier alpha value is -1.36. The molecule has 4 nitrogen and oxygen atoms in total. The number of carbonyl (C=O) groups is 2. The van der Waals surface area contributed by atoms with E-state index in [2.05, 4.69) is 5.32 Å². The molecule has 1 saturated heterocycles. The summed E-state index contributed by atoms with van der Waals surface area (Å²) in [6.45, 7) is 2.51. The highest BCUT2D eigenvalue weighted by atomic mass is 32.1. The molecule has 1 aliphatic heterocycles. The van der Waals surface area contributed by atoms with Crippen LogP contribution in [0.15, 0.2) is 16.8 Å². The molecule has 0 aromatic carbocycles. The molecule has 1 atom stereocenters. The van der Waals surface area contributed by atoms with Gasteiger partial charge in [-0.25, -0.2) is 0 Å². The van der Waals surface area contributed by atoms with Crippen molar-refractivity contribution in [1.82, 2.24) is 10.2 Å². The van der Waals surface area contributed by atoms with Gasteiger partial charge in [0.2, 0.25) is 11.8 Å². The molecular formula is C15H20N2O2S. The van der Waals surface area contributed by atoms with Crippen molar-refractivity contribution < 1.29 is 9.59 Å². The van der Waals surface area contributed by atoms with E-state index < -0.39 is 5.54 Å². The fraction of sp³-hybridized carbons (Fsp3) is 0.600. The van der Waals surface area contributed by atoms with Gasteiger partial charge < -0.3 is 10.2 Å². The van der Waals surface area contributed by atoms with Crippen molar-refractivity contribution in [3.05, 3.63) is 22.4 Å². The van der Waals surface area contributed by atoms with Crippen LogP contribution in [0.4, 0.5) is 0 Å². The molecule has 20 heavy (non-hydrogen) atoms. The molecule has 1 aromatic rings. The van der Waals surface area contributed by atoms with Crippen molar-refractivity contribution in [2.75, 3.05) is 0 Å². The van der Waals surface area contributed by atoms with E-state index >= 15 is 0 Å². The van der Waals surface area contributed by atoms with E-state index in [0.29, 0.717) is 13.0 Å². The molecule has 1 aromatic heterocycles. The Morgan fingerprint density at radius 2 is 2.15 bits per heavy atom. The molecule has 1 saturated carbocycles. The van der Waals surface area contributed by atoms with Crippen LogP contribution in [0, 0.1) is 0 Å². The minimum Gasteiger partial charge on any atom is -0.340 e. The van der Waals surface area contributed by atoms with Gasteiger partial charge in [0.1, 0.15) is 11.6 Å². The van der Waals surface area contributed by atoms with Gasteiger partial charge in [-0.05, 0) is 41.7 Å². The summed E-state index contributed by atoms with van der Waals surface area (Å²) >= 11 is 1.62. The van der Waals surface area contributed by atoms with Crippen LogP contribution in [0.2, 0.25) is 0 Å². The normalized spacial score (nSPS) is 25.2. The third-order valence-electron chi connectivity index (χ3n) is 4.49. The first-order chi connectivity index (χ1) is 9.66. The summed E-state index contributed by atoms with van der Waals surface area (Å²) in [4.78, 5) is 27.1. The fourth-order valence-electron chi connectivity index (χ4n) is 3.42. The Morgan fingerprint density at radius 3 is 2.75 bits per heavy atom. The van der Waals surface area contributed by atoms with E-state index in [0.717, 1.165) is 31.2 Å². The lowest BCUT2D eigenvalue weighted by Gasteiger charge is -2.44. The van der Waals surface area contributed by atoms with Crippen LogP contribution >= 0.6 is 11.3 Å². The molecule has 1 N–H and O–H groups in total. The van der Waals surface area contributed by atoms with Crippen molar-refractivity contribution in [2.45, 2.75) is 57.2 Å². The van der Waals surface area contributed by atoms with Gasteiger partial charge in [-0.1, -0.05) is 19.8 Å². The summed E-state index contributed by atoms with van der Waals surface area (Å²) < 4.78 is 0. The van der Waals surface area contributed by atoms with Crippen molar-refractivity contribution in [2.24, 2.45) is 0 Å². The first kappa shape index (κ1) is 13.6. The number of amides is 2. The molecule has 2 heterocycles. The summed E-state index contributed by atoms with van der Waals surface area (Å²) in [5.41, 5.74) is 0.503. The van der Waals surface area contributed by atoms with E-state index in [-0.39, 0.29) is 17.9 Å². The zero-order chi connectivity index (χ0) is 14.2. The molecule has 5 heteroatoms. The number of piperazine rings is 1. The lowest BCUT2D eigenvalue weighted by Crippen LogP contribution is -2.69. The maximum atomic E-state index is 12.9. The zero-order valence-corrected chi connectivity index (χ0v) is 12.5. The van der Waals surface area contributed by atoms with Crippen LogP contribution in [-0.2, 0) is 16.1 Å². The highest BCUT2D eigenvalue weighted by molar-refractivity contribution is 7.07. The Kier molecular flexibility index (Phi) is 3.54. The SMILES string of the molecule is CCC1C(=O)NC2(CCCC2)C(=O)N1Cc1ccsc1. The molecule has 0 radical (unpaired) electrons. The topological polar surface area (TPSA) is 49.4 Å². The lowest BCUT2D eigenvalue weighted by atomic mass is 9.90. The molecule has 3 rings (SSSR count). The van der Waals surface area contributed by atoms with Gasteiger partial charge in [0.15, 0.2) is 0 Å². The third kappa shape index (κ3) is 2.14. The average Bonchev–Trinajstić information content (AvgIpc) is 3.08. The smallest absolute Gasteiger partial charge is 0.249 e. The number of nitrogens with zero attached hydrogens (tertiary/aromatic N) is 1. The van der Waals surface area contributed by atoms with E-state index in [1.807, 2.05) is 23.8 Å². The van der Waals surface area contributed by atoms with Gasteiger partial charge in [0, 0.05) is 6.54 Å². The standard InChI is InChI=1S/C15H20N2O2S/c1-2-12-13(18)16-15(6-3-4-7-15)14(19)17(12)9-11-5-8-20-10-11/h5,8,10,12H,2-4,6-7,9H2,1H3,(H,16,18). The molecule has 1 aliphatic carbocycles. The predicted molar refractivity (Wildman–Crippen MR) is 78.3 cm³/mol. The zero-order valence-electron chi connectivity index (χ0n) is 11.7. The van der Waals surface area contributed by atoms with Crippen molar-refractivity contribution in [3.8, 4) is 0 Å². The minimum atomic E-state index is -0.612. The van der Waals surface area contributed by atoms with Crippen molar-refractivity contribution in [1.29, 1.82) is 0 Å². The molecule has 2 amide bonds. The molecule has 1 spiro atoms. The summed E-state index contributed by atoms with van der Waals surface area (Å²) in [5, 5.41) is 7.08. The van der Waals surface area contributed by atoms with Crippen LogP contribution in [-0.4, -0.2) is 28.3 Å². The number of hydrogen-bond acceptors (Lipinski definition) is 3. The van der Waals surface area contributed by atoms with Gasteiger partial charge in [0.25, 0.3) is 0 Å². The Morgan fingerprint density at radius 1 is 1.40 bits per heavy atom. The van der Waals surface area contributed by atoms with E-state index in [4.69, 9.17) is 0 Å². The first-order valence-corrected chi connectivity index (χ1v) is 8.25. The second-order valence-corrected chi connectivity index (χ2v) is 6.55. The second-order valence-electron chi connectivity index (χ2n) is 5.77.